The fourth-order valence-electron chi connectivity index (χ4n) is 3.22. The second-order valence-corrected chi connectivity index (χ2v) is 8.66. The Hall–Kier alpha value is -3.01. The first-order valence-electron chi connectivity index (χ1n) is 9.83. The predicted molar refractivity (Wildman–Crippen MR) is 111 cm³/mol. The summed E-state index contributed by atoms with van der Waals surface area (Å²) < 4.78 is 62.7. The van der Waals surface area contributed by atoms with Crippen LogP contribution in [0.1, 0.15) is 26.3 Å². The van der Waals surface area contributed by atoms with Gasteiger partial charge in [-0.05, 0) is 30.3 Å². The van der Waals surface area contributed by atoms with Crippen LogP contribution < -0.4 is 18.9 Å². The predicted octanol–water partition coefficient (Wildman–Crippen LogP) is 6.07. The molecule has 1 N–H and O–H groups in total. The van der Waals surface area contributed by atoms with E-state index in [2.05, 4.69) is 4.74 Å². The first kappa shape index (κ1) is 24.6. The summed E-state index contributed by atoms with van der Waals surface area (Å²) in [6.07, 6.45) is -6.02. The molecular weight excluding hydrogens is 469 g/mol. The van der Waals surface area contributed by atoms with Crippen molar-refractivity contribution in [3.63, 3.8) is 0 Å². The Kier molecular flexibility index (Phi) is 6.78. The number of benzene rings is 2. The molecule has 0 bridgehead atoms. The lowest BCUT2D eigenvalue weighted by molar-refractivity contribution is -0.274. The molecule has 0 fully saturated rings. The Bertz CT molecular complexity index is 1020. The van der Waals surface area contributed by atoms with E-state index in [-0.39, 0.29) is 30.4 Å². The van der Waals surface area contributed by atoms with Crippen LogP contribution in [0.4, 0.5) is 18.0 Å². The summed E-state index contributed by atoms with van der Waals surface area (Å²) in [7, 11) is 0. The molecule has 11 heteroatoms. The average molecular weight is 491 g/mol. The summed E-state index contributed by atoms with van der Waals surface area (Å²) in [4.78, 5) is 11.2. The molecule has 0 saturated carbocycles. The van der Waals surface area contributed by atoms with Gasteiger partial charge in [0.25, 0.3) is 5.79 Å². The number of carbonyl (C=O) groups is 1. The van der Waals surface area contributed by atoms with Gasteiger partial charge in [-0.1, -0.05) is 32.4 Å². The highest BCUT2D eigenvalue weighted by molar-refractivity contribution is 6.32. The van der Waals surface area contributed by atoms with E-state index in [1.807, 2.05) is 20.8 Å². The summed E-state index contributed by atoms with van der Waals surface area (Å²) in [5.74, 6) is -0.627. The molecule has 0 aromatic heterocycles. The first-order chi connectivity index (χ1) is 15.3. The lowest BCUT2D eigenvalue weighted by Gasteiger charge is -2.38. The molecule has 1 aliphatic heterocycles. The number of fused-ring (bicyclic) bond motifs is 1. The lowest BCUT2D eigenvalue weighted by atomic mass is 9.82. The number of hydrogen-bond acceptors (Lipinski definition) is 6. The number of alkyl halides is 3. The number of rotatable bonds is 7. The topological polar surface area (TPSA) is 83.5 Å². The van der Waals surface area contributed by atoms with Gasteiger partial charge in [0, 0.05) is 17.0 Å². The highest BCUT2D eigenvalue weighted by atomic mass is 35.5. The minimum absolute atomic E-state index is 0.0385. The summed E-state index contributed by atoms with van der Waals surface area (Å²) in [6.45, 7) is 5.66. The van der Waals surface area contributed by atoms with Crippen LogP contribution in [0.15, 0.2) is 36.4 Å². The van der Waals surface area contributed by atoms with Gasteiger partial charge in [0.05, 0.1) is 11.4 Å². The van der Waals surface area contributed by atoms with Crippen LogP contribution >= 0.6 is 11.6 Å². The summed E-state index contributed by atoms with van der Waals surface area (Å²) in [5, 5.41) is 9.11. The zero-order valence-corrected chi connectivity index (χ0v) is 18.7. The molecule has 0 amide bonds. The molecule has 7 nitrogen and oxygen atoms in total. The minimum Gasteiger partial charge on any atom is -0.490 e. The summed E-state index contributed by atoms with van der Waals surface area (Å²) in [5.41, 5.74) is 0.104. The molecule has 1 heterocycles. The molecule has 0 spiro atoms. The molecular formula is C22H22ClF3O7. The van der Waals surface area contributed by atoms with Crippen molar-refractivity contribution >= 4 is 17.8 Å². The molecule has 2 aromatic rings. The Morgan fingerprint density at radius 3 is 2.36 bits per heavy atom. The third-order valence-electron chi connectivity index (χ3n) is 4.87. The van der Waals surface area contributed by atoms with Gasteiger partial charge in [-0.25, -0.2) is 4.79 Å². The van der Waals surface area contributed by atoms with Gasteiger partial charge in [0.1, 0.15) is 36.2 Å². The molecule has 1 aliphatic rings. The summed E-state index contributed by atoms with van der Waals surface area (Å²) in [6, 6.07) is 8.42. The molecule has 180 valence electrons. The molecule has 0 radical (unpaired) electrons. The SMILES string of the molecule is CC(C)(C)[C@]1(OC(=O)O)Cc2cc(OCCOc3ccc(OC(F)(F)F)cc3Cl)ccc2O1. The molecule has 2 aromatic carbocycles. The van der Waals surface area contributed by atoms with Crippen molar-refractivity contribution in [1.29, 1.82) is 0 Å². The maximum atomic E-state index is 12.3. The van der Waals surface area contributed by atoms with Crippen LogP contribution in [-0.4, -0.2) is 36.6 Å². The number of halogens is 4. The van der Waals surface area contributed by atoms with Crippen molar-refractivity contribution in [2.75, 3.05) is 13.2 Å². The van der Waals surface area contributed by atoms with Gasteiger partial charge >= 0.3 is 12.5 Å². The van der Waals surface area contributed by atoms with Crippen LogP contribution in [0.25, 0.3) is 0 Å². The Morgan fingerprint density at radius 1 is 1.09 bits per heavy atom. The second-order valence-electron chi connectivity index (χ2n) is 8.26. The van der Waals surface area contributed by atoms with Crippen molar-refractivity contribution in [3.8, 4) is 23.0 Å². The van der Waals surface area contributed by atoms with Gasteiger partial charge in [0.15, 0.2) is 0 Å². The monoisotopic (exact) mass is 490 g/mol. The molecule has 1 atom stereocenters. The van der Waals surface area contributed by atoms with Crippen LogP contribution in [0, 0.1) is 5.41 Å². The number of carboxylic acid groups (broad SMARTS) is 1. The van der Waals surface area contributed by atoms with Crippen LogP contribution in [-0.2, 0) is 11.2 Å². The quantitative estimate of drug-likeness (QED) is 0.372. The average Bonchev–Trinajstić information content (AvgIpc) is 3.03. The van der Waals surface area contributed by atoms with E-state index >= 15 is 0 Å². The van der Waals surface area contributed by atoms with Crippen molar-refractivity contribution in [2.24, 2.45) is 5.41 Å². The first-order valence-corrected chi connectivity index (χ1v) is 10.2. The fraction of sp³-hybridized carbons (Fsp3) is 0.409. The highest BCUT2D eigenvalue weighted by Gasteiger charge is 2.53. The Morgan fingerprint density at radius 2 is 1.76 bits per heavy atom. The van der Waals surface area contributed by atoms with Crippen molar-refractivity contribution in [2.45, 2.75) is 39.3 Å². The van der Waals surface area contributed by atoms with Gasteiger partial charge in [-0.15, -0.1) is 13.2 Å². The maximum Gasteiger partial charge on any atom is 0.573 e. The molecule has 33 heavy (non-hydrogen) atoms. The van der Waals surface area contributed by atoms with Crippen molar-refractivity contribution in [1.82, 2.24) is 0 Å². The zero-order chi connectivity index (χ0) is 24.4. The van der Waals surface area contributed by atoms with Gasteiger partial charge in [-0.2, -0.15) is 0 Å². The minimum atomic E-state index is -4.81. The van der Waals surface area contributed by atoms with E-state index in [0.29, 0.717) is 11.5 Å². The number of hydrogen-bond donors (Lipinski definition) is 1. The lowest BCUT2D eigenvalue weighted by Crippen LogP contribution is -2.50. The van der Waals surface area contributed by atoms with Crippen LogP contribution in [0.5, 0.6) is 23.0 Å². The molecule has 0 aliphatic carbocycles. The second kappa shape index (κ2) is 9.09. The standard InChI is InChI=1S/C22H22ClF3O7/c1-20(2,3)21(33-19(27)28)12-13-10-14(4-6-17(13)32-21)29-8-9-30-18-7-5-15(11-16(18)23)31-22(24,25)26/h4-7,10-11H,8-9,12H2,1-3H3,(H,27,28)/t21-/m1/s1. The normalized spacial score (nSPS) is 17.7. The van der Waals surface area contributed by atoms with E-state index in [1.54, 1.807) is 18.2 Å². The van der Waals surface area contributed by atoms with Gasteiger partial charge in [0.2, 0.25) is 0 Å². The summed E-state index contributed by atoms with van der Waals surface area (Å²) >= 11 is 5.94. The number of ether oxygens (including phenoxy) is 5. The molecule has 0 unspecified atom stereocenters. The fourth-order valence-corrected chi connectivity index (χ4v) is 3.45. The zero-order valence-electron chi connectivity index (χ0n) is 18.0. The van der Waals surface area contributed by atoms with Crippen LogP contribution in [0.2, 0.25) is 5.02 Å². The van der Waals surface area contributed by atoms with Gasteiger partial charge in [-0.3, -0.25) is 0 Å². The van der Waals surface area contributed by atoms with E-state index in [4.69, 9.17) is 35.7 Å². The van der Waals surface area contributed by atoms with E-state index < -0.39 is 29.5 Å². The smallest absolute Gasteiger partial charge is 0.490 e. The third kappa shape index (κ3) is 6.07. The van der Waals surface area contributed by atoms with Gasteiger partial charge < -0.3 is 28.8 Å². The molecule has 0 saturated heterocycles. The highest BCUT2D eigenvalue weighted by Crippen LogP contribution is 2.46. The van der Waals surface area contributed by atoms with Crippen molar-refractivity contribution < 1.29 is 46.8 Å². The van der Waals surface area contributed by atoms with E-state index in [0.717, 1.165) is 17.7 Å². The Labute approximate surface area is 192 Å². The molecule has 3 rings (SSSR count). The van der Waals surface area contributed by atoms with Crippen molar-refractivity contribution in [3.05, 3.63) is 47.0 Å². The van der Waals surface area contributed by atoms with Crippen LogP contribution in [0.3, 0.4) is 0 Å². The maximum absolute atomic E-state index is 12.3. The third-order valence-corrected chi connectivity index (χ3v) is 5.17. The Balaban J connectivity index is 1.57. The van der Waals surface area contributed by atoms with E-state index in [9.17, 15) is 18.0 Å². The van der Waals surface area contributed by atoms with E-state index in [1.165, 1.54) is 6.07 Å². The largest absolute Gasteiger partial charge is 0.573 e.